The van der Waals surface area contributed by atoms with Gasteiger partial charge in [0.1, 0.15) is 3.14 Å². The summed E-state index contributed by atoms with van der Waals surface area (Å²) < 4.78 is 3.90. The van der Waals surface area contributed by atoms with Crippen LogP contribution in [-0.4, -0.2) is 21.7 Å². The van der Waals surface area contributed by atoms with Gasteiger partial charge in [0.2, 0.25) is 0 Å². The Bertz CT molecular complexity index is 575. The lowest BCUT2D eigenvalue weighted by atomic mass is 10.5. The molecule has 2 aromatic rings. The van der Waals surface area contributed by atoms with Gasteiger partial charge in [0.25, 0.3) is 0 Å². The van der Waals surface area contributed by atoms with Crippen molar-refractivity contribution in [2.75, 3.05) is 11.5 Å². The van der Waals surface area contributed by atoms with Gasteiger partial charge in [-0.25, -0.2) is 4.98 Å². The molecule has 1 nitrogen and oxygen atoms in total. The van der Waals surface area contributed by atoms with Crippen molar-refractivity contribution in [3.63, 3.8) is 0 Å². The first kappa shape index (κ1) is 13.5. The summed E-state index contributed by atoms with van der Waals surface area (Å²) >= 11 is 14.6. The second-order valence-corrected chi connectivity index (χ2v) is 10.7. The summed E-state index contributed by atoms with van der Waals surface area (Å²) in [6.45, 7) is 0. The van der Waals surface area contributed by atoms with Gasteiger partial charge in [-0.3, -0.25) is 0 Å². The highest BCUT2D eigenvalue weighted by molar-refractivity contribution is 8.09. The Labute approximate surface area is 132 Å². The van der Waals surface area contributed by atoms with Gasteiger partial charge in [-0.15, -0.1) is 58.0 Å². The number of hydrogen-bond acceptors (Lipinski definition) is 7. The SMILES string of the molecule is S=c1sc2c(s1)SC(CSc1ccccn1)CS2. The molecular formula is C11H9NS6. The number of fused-ring (bicyclic) bond motifs is 1. The van der Waals surface area contributed by atoms with Gasteiger partial charge >= 0.3 is 0 Å². The molecule has 0 spiro atoms. The molecule has 0 bridgehead atoms. The van der Waals surface area contributed by atoms with Crippen molar-refractivity contribution in [1.29, 1.82) is 0 Å². The van der Waals surface area contributed by atoms with Crippen molar-refractivity contribution in [1.82, 2.24) is 4.98 Å². The number of rotatable bonds is 3. The van der Waals surface area contributed by atoms with Crippen molar-refractivity contribution >= 4 is 70.2 Å². The normalized spacial score (nSPS) is 18.6. The smallest absolute Gasteiger partial charge is 0.145 e. The molecule has 18 heavy (non-hydrogen) atoms. The fourth-order valence-corrected chi connectivity index (χ4v) is 9.27. The van der Waals surface area contributed by atoms with Crippen LogP contribution < -0.4 is 0 Å². The molecule has 3 heterocycles. The van der Waals surface area contributed by atoms with Crippen molar-refractivity contribution in [2.45, 2.75) is 18.7 Å². The van der Waals surface area contributed by atoms with E-state index in [0.29, 0.717) is 5.25 Å². The Morgan fingerprint density at radius 2 is 2.22 bits per heavy atom. The summed E-state index contributed by atoms with van der Waals surface area (Å²) in [5, 5.41) is 1.78. The second-order valence-electron chi connectivity index (χ2n) is 3.56. The maximum Gasteiger partial charge on any atom is 0.145 e. The van der Waals surface area contributed by atoms with Gasteiger partial charge < -0.3 is 0 Å². The van der Waals surface area contributed by atoms with E-state index in [1.165, 1.54) is 14.2 Å². The third-order valence-corrected chi connectivity index (χ3v) is 9.67. The fraction of sp³-hybridized carbons (Fsp3) is 0.273. The van der Waals surface area contributed by atoms with Crippen molar-refractivity contribution in [3.05, 3.63) is 27.5 Å². The predicted molar refractivity (Wildman–Crippen MR) is 88.4 cm³/mol. The van der Waals surface area contributed by atoms with Crippen LogP contribution in [0.25, 0.3) is 0 Å². The summed E-state index contributed by atoms with van der Waals surface area (Å²) in [6, 6.07) is 6.08. The van der Waals surface area contributed by atoms with E-state index in [1.807, 2.05) is 53.6 Å². The van der Waals surface area contributed by atoms with Gasteiger partial charge in [-0.1, -0.05) is 18.3 Å². The van der Waals surface area contributed by atoms with Crippen molar-refractivity contribution in [3.8, 4) is 0 Å². The van der Waals surface area contributed by atoms with Crippen LogP contribution in [-0.2, 0) is 0 Å². The number of pyridine rings is 1. The van der Waals surface area contributed by atoms with Crippen LogP contribution >= 0.6 is 70.2 Å². The lowest BCUT2D eigenvalue weighted by Gasteiger charge is -2.19. The minimum atomic E-state index is 0.662. The molecule has 1 aliphatic heterocycles. The molecule has 2 aromatic heterocycles. The molecule has 0 N–H and O–H groups in total. The average molecular weight is 348 g/mol. The third kappa shape index (κ3) is 3.32. The van der Waals surface area contributed by atoms with E-state index in [4.69, 9.17) is 12.2 Å². The van der Waals surface area contributed by atoms with Crippen molar-refractivity contribution < 1.29 is 0 Å². The van der Waals surface area contributed by atoms with E-state index in [0.717, 1.165) is 13.9 Å². The summed E-state index contributed by atoms with van der Waals surface area (Å²) in [5.41, 5.74) is 0. The third-order valence-electron chi connectivity index (χ3n) is 2.25. The number of thioether (sulfide) groups is 3. The van der Waals surface area contributed by atoms with Crippen LogP contribution in [0.5, 0.6) is 0 Å². The number of nitrogens with zero attached hydrogens (tertiary/aromatic N) is 1. The first-order valence-electron chi connectivity index (χ1n) is 5.28. The lowest BCUT2D eigenvalue weighted by Crippen LogP contribution is -2.12. The maximum atomic E-state index is 5.26. The minimum absolute atomic E-state index is 0.662. The molecule has 1 unspecified atom stereocenters. The van der Waals surface area contributed by atoms with Crippen LogP contribution in [0.3, 0.4) is 0 Å². The molecule has 0 saturated heterocycles. The van der Waals surface area contributed by atoms with Gasteiger partial charge in [-0.2, -0.15) is 0 Å². The monoisotopic (exact) mass is 347 g/mol. The van der Waals surface area contributed by atoms with Crippen LogP contribution in [0.2, 0.25) is 0 Å². The molecule has 1 aliphatic rings. The number of aromatic nitrogens is 1. The minimum Gasteiger partial charge on any atom is -0.250 e. The van der Waals surface area contributed by atoms with Gasteiger partial charge in [-0.05, 0) is 12.1 Å². The van der Waals surface area contributed by atoms with E-state index in [1.54, 1.807) is 22.7 Å². The number of hydrogen-bond donors (Lipinski definition) is 0. The zero-order valence-corrected chi connectivity index (χ0v) is 14.1. The predicted octanol–water partition coefficient (Wildman–Crippen LogP) is 5.29. The standard InChI is InChI=1S/C11H9NS6/c13-11-17-9-10(18-11)16-7(6-15-9)5-14-8-3-1-2-4-12-8/h1-4,7H,5-6H2. The molecule has 0 aliphatic carbocycles. The summed E-state index contributed by atoms with van der Waals surface area (Å²) in [7, 11) is 0. The van der Waals surface area contributed by atoms with E-state index < -0.39 is 0 Å². The summed E-state index contributed by atoms with van der Waals surface area (Å²) in [5.74, 6) is 2.29. The summed E-state index contributed by atoms with van der Waals surface area (Å²) in [6.07, 6.45) is 1.85. The fourth-order valence-electron chi connectivity index (χ4n) is 1.46. The molecule has 0 fully saturated rings. The van der Waals surface area contributed by atoms with Gasteiger partial charge in [0, 0.05) is 23.0 Å². The molecule has 0 saturated carbocycles. The van der Waals surface area contributed by atoms with Crippen LogP contribution in [0.1, 0.15) is 0 Å². The van der Waals surface area contributed by atoms with Crippen LogP contribution in [0.15, 0.2) is 37.8 Å². The molecule has 0 radical (unpaired) electrons. The lowest BCUT2D eigenvalue weighted by molar-refractivity contribution is 1.10. The molecule has 94 valence electrons. The Morgan fingerprint density at radius 1 is 1.33 bits per heavy atom. The Balaban J connectivity index is 1.61. The van der Waals surface area contributed by atoms with Crippen LogP contribution in [0.4, 0.5) is 0 Å². The molecular weight excluding hydrogens is 339 g/mol. The highest BCUT2D eigenvalue weighted by Crippen LogP contribution is 2.48. The highest BCUT2D eigenvalue weighted by Gasteiger charge is 2.22. The topological polar surface area (TPSA) is 12.9 Å². The van der Waals surface area contributed by atoms with E-state index in [2.05, 4.69) is 11.1 Å². The average Bonchev–Trinajstić information content (AvgIpc) is 2.77. The second kappa shape index (κ2) is 6.28. The first-order valence-corrected chi connectivity index (χ1v) is 10.2. The molecule has 1 atom stereocenters. The zero-order chi connectivity index (χ0) is 12.4. The molecule has 0 amide bonds. The van der Waals surface area contributed by atoms with Gasteiger partial charge in [0.15, 0.2) is 0 Å². The quantitative estimate of drug-likeness (QED) is 0.551. The molecule has 0 aromatic carbocycles. The first-order chi connectivity index (χ1) is 8.81. The molecule has 7 heteroatoms. The van der Waals surface area contributed by atoms with E-state index in [-0.39, 0.29) is 0 Å². The zero-order valence-electron chi connectivity index (χ0n) is 9.20. The van der Waals surface area contributed by atoms with E-state index >= 15 is 0 Å². The Kier molecular flexibility index (Phi) is 4.69. The maximum absolute atomic E-state index is 5.26. The van der Waals surface area contributed by atoms with Crippen molar-refractivity contribution in [2.24, 2.45) is 0 Å². The Morgan fingerprint density at radius 3 is 3.06 bits per heavy atom. The largest absolute Gasteiger partial charge is 0.250 e. The Hall–Kier alpha value is 0.470. The molecule has 3 rings (SSSR count). The summed E-state index contributed by atoms with van der Waals surface area (Å²) in [4.78, 5) is 4.35. The van der Waals surface area contributed by atoms with Crippen LogP contribution in [0, 0.1) is 3.14 Å². The van der Waals surface area contributed by atoms with Gasteiger partial charge in [0.05, 0.1) is 13.4 Å². The highest BCUT2D eigenvalue weighted by atomic mass is 32.2. The van der Waals surface area contributed by atoms with E-state index in [9.17, 15) is 0 Å².